The summed E-state index contributed by atoms with van der Waals surface area (Å²) >= 11 is 1.61. The highest BCUT2D eigenvalue weighted by Gasteiger charge is 2.24. The molecule has 0 aliphatic heterocycles. The van der Waals surface area contributed by atoms with E-state index in [2.05, 4.69) is 25.6 Å². The first kappa shape index (κ1) is 15.1. The van der Waals surface area contributed by atoms with Crippen LogP contribution in [0.3, 0.4) is 0 Å². The predicted octanol–water partition coefficient (Wildman–Crippen LogP) is 2.64. The van der Waals surface area contributed by atoms with Gasteiger partial charge in [0, 0.05) is 17.0 Å². The highest BCUT2D eigenvalue weighted by Crippen LogP contribution is 2.27. The number of rotatable bonds is 4. The van der Waals surface area contributed by atoms with Crippen molar-refractivity contribution < 1.29 is 4.79 Å². The fourth-order valence-electron chi connectivity index (χ4n) is 3.15. The Balaban J connectivity index is 1.34. The number of aromatic nitrogens is 5. The molecule has 1 aliphatic rings. The fraction of sp³-hybridized carbons (Fsp3) is 0.375. The molecule has 1 aliphatic carbocycles. The van der Waals surface area contributed by atoms with Gasteiger partial charge in [-0.05, 0) is 43.2 Å². The molecule has 0 unspecified atom stereocenters. The van der Waals surface area contributed by atoms with Crippen LogP contribution in [0, 0.1) is 0 Å². The van der Waals surface area contributed by atoms with E-state index in [0.29, 0.717) is 11.7 Å². The van der Waals surface area contributed by atoms with Crippen molar-refractivity contribution in [3.8, 4) is 11.3 Å². The van der Waals surface area contributed by atoms with Crippen molar-refractivity contribution in [1.82, 2.24) is 30.3 Å². The third kappa shape index (κ3) is 3.09. The van der Waals surface area contributed by atoms with Crippen molar-refractivity contribution in [1.29, 1.82) is 0 Å². The van der Waals surface area contributed by atoms with E-state index < -0.39 is 0 Å². The van der Waals surface area contributed by atoms with Gasteiger partial charge in [0.25, 0.3) is 5.91 Å². The first-order chi connectivity index (χ1) is 11.8. The molecule has 7 nitrogen and oxygen atoms in total. The van der Waals surface area contributed by atoms with Crippen LogP contribution in [0.1, 0.15) is 42.2 Å². The summed E-state index contributed by atoms with van der Waals surface area (Å²) in [6.45, 7) is 0. The molecule has 8 heteroatoms. The topological polar surface area (TPSA) is 88.5 Å². The molecular weight excluding hydrogens is 324 g/mol. The number of nitrogens with zero attached hydrogens (tertiary/aromatic N) is 4. The van der Waals surface area contributed by atoms with Crippen LogP contribution in [0.4, 0.5) is 0 Å². The minimum atomic E-state index is -0.0896. The number of hydrogen-bond donors (Lipinski definition) is 2. The minimum Gasteiger partial charge on any atom is -0.348 e. The Hall–Kier alpha value is -2.48. The second kappa shape index (κ2) is 6.56. The average Bonchev–Trinajstić information content (AvgIpc) is 3.35. The summed E-state index contributed by atoms with van der Waals surface area (Å²) in [7, 11) is 0. The molecular formula is C16H18N6OS. The maximum absolute atomic E-state index is 12.4. The molecule has 24 heavy (non-hydrogen) atoms. The number of H-pyrrole nitrogens is 1. The zero-order valence-corrected chi connectivity index (χ0v) is 13.9. The van der Waals surface area contributed by atoms with Crippen LogP contribution >= 0.6 is 11.3 Å². The summed E-state index contributed by atoms with van der Waals surface area (Å²) in [6.07, 6.45) is 7.22. The van der Waals surface area contributed by atoms with Crippen LogP contribution in [-0.4, -0.2) is 36.9 Å². The van der Waals surface area contributed by atoms with Crippen molar-refractivity contribution in [2.75, 3.05) is 0 Å². The van der Waals surface area contributed by atoms with Crippen LogP contribution in [-0.2, 0) is 0 Å². The molecule has 0 aromatic carbocycles. The van der Waals surface area contributed by atoms with Gasteiger partial charge in [0.1, 0.15) is 18.3 Å². The van der Waals surface area contributed by atoms with Crippen LogP contribution in [0.2, 0.25) is 0 Å². The van der Waals surface area contributed by atoms with Crippen molar-refractivity contribution >= 4 is 17.2 Å². The summed E-state index contributed by atoms with van der Waals surface area (Å²) in [5.41, 5.74) is 2.34. The van der Waals surface area contributed by atoms with E-state index in [0.717, 1.165) is 36.9 Å². The Bertz CT molecular complexity index is 787. The maximum atomic E-state index is 12.4. The molecule has 4 rings (SSSR count). The van der Waals surface area contributed by atoms with E-state index in [4.69, 9.17) is 0 Å². The van der Waals surface area contributed by atoms with E-state index in [-0.39, 0.29) is 11.9 Å². The first-order valence-corrected chi connectivity index (χ1v) is 8.97. The number of aromatic amines is 1. The molecule has 1 amide bonds. The Morgan fingerprint density at radius 1 is 1.33 bits per heavy atom. The SMILES string of the molecule is O=C(NC1CCC(n2cncn2)CC1)c1cc(-c2ccsc2)n[nH]1. The highest BCUT2D eigenvalue weighted by atomic mass is 32.1. The third-order valence-corrected chi connectivity index (χ3v) is 5.17. The standard InChI is InChI=1S/C16H18N6OS/c23-16(15-7-14(20-21-15)11-5-6-24-8-11)19-12-1-3-13(4-2-12)22-10-17-9-18-22/h5-10,12-13H,1-4H2,(H,19,23)(H,20,21). The number of carbonyl (C=O) groups excluding carboxylic acids is 1. The van der Waals surface area contributed by atoms with Gasteiger partial charge in [-0.1, -0.05) is 0 Å². The van der Waals surface area contributed by atoms with E-state index in [9.17, 15) is 4.79 Å². The van der Waals surface area contributed by atoms with E-state index in [1.54, 1.807) is 30.1 Å². The Morgan fingerprint density at radius 3 is 2.92 bits per heavy atom. The second-order valence-electron chi connectivity index (χ2n) is 6.03. The van der Waals surface area contributed by atoms with Gasteiger partial charge in [0.2, 0.25) is 0 Å². The highest BCUT2D eigenvalue weighted by molar-refractivity contribution is 7.08. The normalized spacial score (nSPS) is 20.8. The van der Waals surface area contributed by atoms with Crippen LogP contribution in [0.5, 0.6) is 0 Å². The van der Waals surface area contributed by atoms with Gasteiger partial charge < -0.3 is 5.32 Å². The molecule has 2 N–H and O–H groups in total. The predicted molar refractivity (Wildman–Crippen MR) is 90.7 cm³/mol. The summed E-state index contributed by atoms with van der Waals surface area (Å²) in [4.78, 5) is 16.4. The van der Waals surface area contributed by atoms with Gasteiger partial charge in [-0.3, -0.25) is 9.89 Å². The van der Waals surface area contributed by atoms with E-state index in [1.807, 2.05) is 21.5 Å². The summed E-state index contributed by atoms with van der Waals surface area (Å²) in [6, 6.07) is 4.38. The molecule has 1 fully saturated rings. The van der Waals surface area contributed by atoms with Crippen LogP contribution in [0.15, 0.2) is 35.5 Å². The zero-order chi connectivity index (χ0) is 16.4. The molecule has 3 aromatic heterocycles. The minimum absolute atomic E-state index is 0.0896. The summed E-state index contributed by atoms with van der Waals surface area (Å²) in [5.74, 6) is -0.0896. The molecule has 0 radical (unpaired) electrons. The lowest BCUT2D eigenvalue weighted by Gasteiger charge is -2.28. The van der Waals surface area contributed by atoms with Crippen LogP contribution in [0.25, 0.3) is 11.3 Å². The Labute approximate surface area is 143 Å². The summed E-state index contributed by atoms with van der Waals surface area (Å²) in [5, 5.41) is 18.4. The molecule has 0 saturated heterocycles. The fourth-order valence-corrected chi connectivity index (χ4v) is 3.80. The summed E-state index contributed by atoms with van der Waals surface area (Å²) < 4.78 is 1.92. The third-order valence-electron chi connectivity index (χ3n) is 4.48. The number of nitrogens with one attached hydrogen (secondary N) is 2. The molecule has 0 atom stereocenters. The van der Waals surface area contributed by atoms with Crippen molar-refractivity contribution in [2.45, 2.75) is 37.8 Å². The smallest absolute Gasteiger partial charge is 0.269 e. The molecule has 0 bridgehead atoms. The number of thiophene rings is 1. The maximum Gasteiger partial charge on any atom is 0.269 e. The number of hydrogen-bond acceptors (Lipinski definition) is 5. The molecule has 124 valence electrons. The van der Waals surface area contributed by atoms with Gasteiger partial charge in [0.15, 0.2) is 0 Å². The lowest BCUT2D eigenvalue weighted by atomic mass is 9.91. The molecule has 1 saturated carbocycles. The van der Waals surface area contributed by atoms with Gasteiger partial charge in [-0.25, -0.2) is 9.67 Å². The molecule has 3 heterocycles. The van der Waals surface area contributed by atoms with Gasteiger partial charge in [-0.2, -0.15) is 21.5 Å². The number of amides is 1. The molecule has 0 spiro atoms. The monoisotopic (exact) mass is 342 g/mol. The number of carbonyl (C=O) groups is 1. The largest absolute Gasteiger partial charge is 0.348 e. The zero-order valence-electron chi connectivity index (χ0n) is 13.1. The first-order valence-electron chi connectivity index (χ1n) is 8.02. The van der Waals surface area contributed by atoms with Gasteiger partial charge in [-0.15, -0.1) is 0 Å². The van der Waals surface area contributed by atoms with Gasteiger partial charge in [0.05, 0.1) is 11.7 Å². The van der Waals surface area contributed by atoms with Crippen molar-refractivity contribution in [3.63, 3.8) is 0 Å². The van der Waals surface area contributed by atoms with Crippen LogP contribution < -0.4 is 5.32 Å². The van der Waals surface area contributed by atoms with Gasteiger partial charge >= 0.3 is 0 Å². The van der Waals surface area contributed by atoms with Crippen molar-refractivity contribution in [3.05, 3.63) is 41.2 Å². The lowest BCUT2D eigenvalue weighted by molar-refractivity contribution is 0.0916. The average molecular weight is 342 g/mol. The van der Waals surface area contributed by atoms with E-state index in [1.165, 1.54) is 0 Å². The Kier molecular flexibility index (Phi) is 4.12. The van der Waals surface area contributed by atoms with E-state index >= 15 is 0 Å². The lowest BCUT2D eigenvalue weighted by Crippen LogP contribution is -2.38. The second-order valence-corrected chi connectivity index (χ2v) is 6.81. The molecule has 3 aromatic rings. The quantitative estimate of drug-likeness (QED) is 0.763. The Morgan fingerprint density at radius 2 is 2.21 bits per heavy atom. The van der Waals surface area contributed by atoms with Crippen molar-refractivity contribution in [2.24, 2.45) is 0 Å².